The maximum atomic E-state index is 11.8. The first-order valence-corrected chi connectivity index (χ1v) is 6.55. The Morgan fingerprint density at radius 3 is 2.94 bits per heavy atom. The number of rotatable bonds is 4. The number of hydrogen-bond donors (Lipinski definition) is 2. The van der Waals surface area contributed by atoms with Gasteiger partial charge in [0.15, 0.2) is 0 Å². The van der Waals surface area contributed by atoms with Gasteiger partial charge in [0.2, 0.25) is 5.88 Å². The number of hydrogen-bond acceptors (Lipinski definition) is 5. The van der Waals surface area contributed by atoms with Gasteiger partial charge in [-0.1, -0.05) is 0 Å². The molecule has 0 saturated heterocycles. The second kappa shape index (κ2) is 5.45. The molecular weight excluding hydrogens is 270 g/mol. The van der Waals surface area contributed by atoms with E-state index in [1.807, 2.05) is 5.38 Å². The summed E-state index contributed by atoms with van der Waals surface area (Å²) in [4.78, 5) is 13.2. The molecule has 0 saturated carbocycles. The summed E-state index contributed by atoms with van der Waals surface area (Å²) >= 11 is 5.53. The number of amides is 1. The van der Waals surface area contributed by atoms with E-state index in [4.69, 9.17) is 4.74 Å². The highest BCUT2D eigenvalue weighted by molar-refractivity contribution is 7.80. The standard InChI is InChI=1S/C11H13N3O2S2/c1-14-10(16-2)3-7(13-14)5-12-11(15)9-4-8(17)6-18-9/h3-4,6,17H,5H2,1-2H3,(H,12,15). The van der Waals surface area contributed by atoms with Gasteiger partial charge in [0.05, 0.1) is 24.2 Å². The Labute approximate surface area is 114 Å². The summed E-state index contributed by atoms with van der Waals surface area (Å²) < 4.78 is 6.72. The topological polar surface area (TPSA) is 56.1 Å². The molecule has 2 aromatic heterocycles. The first-order chi connectivity index (χ1) is 8.60. The molecule has 0 aromatic carbocycles. The van der Waals surface area contributed by atoms with Crippen molar-refractivity contribution in [1.82, 2.24) is 15.1 Å². The second-order valence-electron chi connectivity index (χ2n) is 3.65. The van der Waals surface area contributed by atoms with Crippen molar-refractivity contribution < 1.29 is 9.53 Å². The van der Waals surface area contributed by atoms with Crippen LogP contribution in [0.25, 0.3) is 0 Å². The Morgan fingerprint density at radius 2 is 2.39 bits per heavy atom. The third kappa shape index (κ3) is 2.85. The molecule has 0 aliphatic carbocycles. The first-order valence-electron chi connectivity index (χ1n) is 5.22. The molecule has 0 aliphatic heterocycles. The van der Waals surface area contributed by atoms with Gasteiger partial charge in [-0.25, -0.2) is 4.68 Å². The van der Waals surface area contributed by atoms with Crippen molar-refractivity contribution in [2.24, 2.45) is 7.05 Å². The molecule has 0 spiro atoms. The highest BCUT2D eigenvalue weighted by atomic mass is 32.1. The normalized spacial score (nSPS) is 10.4. The van der Waals surface area contributed by atoms with Crippen LogP contribution in [0.1, 0.15) is 15.4 Å². The lowest BCUT2D eigenvalue weighted by Gasteiger charge is -1.99. The molecular formula is C11H13N3O2S2. The van der Waals surface area contributed by atoms with E-state index in [0.717, 1.165) is 10.6 Å². The second-order valence-corrected chi connectivity index (χ2v) is 5.08. The third-order valence-electron chi connectivity index (χ3n) is 2.34. The maximum absolute atomic E-state index is 11.8. The van der Waals surface area contributed by atoms with Gasteiger partial charge in [-0.15, -0.1) is 24.0 Å². The van der Waals surface area contributed by atoms with Crippen LogP contribution >= 0.6 is 24.0 Å². The molecule has 0 bridgehead atoms. The van der Waals surface area contributed by atoms with E-state index in [0.29, 0.717) is 17.3 Å². The number of aromatic nitrogens is 2. The van der Waals surface area contributed by atoms with Gasteiger partial charge in [-0.2, -0.15) is 5.10 Å². The predicted molar refractivity (Wildman–Crippen MR) is 72.5 cm³/mol. The molecule has 2 rings (SSSR count). The van der Waals surface area contributed by atoms with E-state index in [-0.39, 0.29) is 5.91 Å². The largest absolute Gasteiger partial charge is 0.481 e. The summed E-state index contributed by atoms with van der Waals surface area (Å²) in [5, 5.41) is 8.84. The number of nitrogens with one attached hydrogen (secondary N) is 1. The van der Waals surface area contributed by atoms with E-state index < -0.39 is 0 Å². The fourth-order valence-corrected chi connectivity index (χ4v) is 2.55. The molecule has 0 unspecified atom stereocenters. The molecule has 5 nitrogen and oxygen atoms in total. The van der Waals surface area contributed by atoms with Crippen LogP contribution in [0.5, 0.6) is 5.88 Å². The van der Waals surface area contributed by atoms with Crippen molar-refractivity contribution in [2.45, 2.75) is 11.4 Å². The SMILES string of the molecule is COc1cc(CNC(=O)c2cc(S)cs2)nn1C. The number of aryl methyl sites for hydroxylation is 1. The number of carbonyl (C=O) groups excluding carboxylic acids is 1. The first kappa shape index (κ1) is 13.0. The monoisotopic (exact) mass is 283 g/mol. The van der Waals surface area contributed by atoms with Crippen LogP contribution in [0.2, 0.25) is 0 Å². The highest BCUT2D eigenvalue weighted by Gasteiger charge is 2.10. The van der Waals surface area contributed by atoms with Crippen molar-refractivity contribution in [1.29, 1.82) is 0 Å². The fraction of sp³-hybridized carbons (Fsp3) is 0.273. The summed E-state index contributed by atoms with van der Waals surface area (Å²) in [7, 11) is 3.37. The molecule has 2 heterocycles. The number of methoxy groups -OCH3 is 1. The van der Waals surface area contributed by atoms with Crippen molar-refractivity contribution in [3.63, 3.8) is 0 Å². The van der Waals surface area contributed by atoms with Crippen LogP contribution in [0.3, 0.4) is 0 Å². The Bertz CT molecular complexity index is 562. The van der Waals surface area contributed by atoms with Crippen molar-refractivity contribution in [2.75, 3.05) is 7.11 Å². The molecule has 0 atom stereocenters. The average molecular weight is 283 g/mol. The molecule has 2 aromatic rings. The number of nitrogens with zero attached hydrogens (tertiary/aromatic N) is 2. The van der Waals surface area contributed by atoms with E-state index in [1.54, 1.807) is 31.0 Å². The van der Waals surface area contributed by atoms with Gasteiger partial charge >= 0.3 is 0 Å². The molecule has 96 valence electrons. The summed E-state index contributed by atoms with van der Waals surface area (Å²) in [6, 6.07) is 3.53. The van der Waals surface area contributed by atoms with Crippen LogP contribution in [0.4, 0.5) is 0 Å². The average Bonchev–Trinajstić information content (AvgIpc) is 2.92. The molecule has 0 aliphatic rings. The van der Waals surface area contributed by atoms with Crippen LogP contribution < -0.4 is 10.1 Å². The van der Waals surface area contributed by atoms with Crippen LogP contribution in [-0.2, 0) is 13.6 Å². The Kier molecular flexibility index (Phi) is 3.93. The fourth-order valence-electron chi connectivity index (χ4n) is 1.49. The summed E-state index contributed by atoms with van der Waals surface area (Å²) in [6.45, 7) is 0.371. The minimum atomic E-state index is -0.120. The van der Waals surface area contributed by atoms with Gasteiger partial charge in [-0.05, 0) is 6.07 Å². The smallest absolute Gasteiger partial charge is 0.261 e. The predicted octanol–water partition coefficient (Wildman–Crippen LogP) is 1.71. The van der Waals surface area contributed by atoms with Crippen LogP contribution in [0.15, 0.2) is 22.4 Å². The van der Waals surface area contributed by atoms with Crippen molar-refractivity contribution in [3.8, 4) is 5.88 Å². The highest BCUT2D eigenvalue weighted by Crippen LogP contribution is 2.17. The number of thiophene rings is 1. The van der Waals surface area contributed by atoms with Gasteiger partial charge in [0.1, 0.15) is 0 Å². The Morgan fingerprint density at radius 1 is 1.61 bits per heavy atom. The van der Waals surface area contributed by atoms with E-state index >= 15 is 0 Å². The van der Waals surface area contributed by atoms with Gasteiger partial charge < -0.3 is 10.1 Å². The Balaban J connectivity index is 1.97. The summed E-state index contributed by atoms with van der Waals surface area (Å²) in [5.41, 5.74) is 0.755. The molecule has 1 N–H and O–H groups in total. The van der Waals surface area contributed by atoms with Gasteiger partial charge in [0, 0.05) is 23.4 Å². The molecule has 0 radical (unpaired) electrons. The molecule has 0 fully saturated rings. The molecule has 1 amide bonds. The van der Waals surface area contributed by atoms with Gasteiger partial charge in [0.25, 0.3) is 5.91 Å². The van der Waals surface area contributed by atoms with E-state index in [2.05, 4.69) is 23.0 Å². The molecule has 7 heteroatoms. The third-order valence-corrected chi connectivity index (χ3v) is 3.70. The number of carbonyl (C=O) groups is 1. The zero-order valence-corrected chi connectivity index (χ0v) is 11.7. The lowest BCUT2D eigenvalue weighted by molar-refractivity contribution is 0.0954. The quantitative estimate of drug-likeness (QED) is 0.840. The lowest BCUT2D eigenvalue weighted by Crippen LogP contribution is -2.22. The van der Waals surface area contributed by atoms with Gasteiger partial charge in [-0.3, -0.25) is 4.79 Å². The maximum Gasteiger partial charge on any atom is 0.261 e. The van der Waals surface area contributed by atoms with Crippen molar-refractivity contribution >= 4 is 29.9 Å². The van der Waals surface area contributed by atoms with Crippen LogP contribution in [0, 0.1) is 0 Å². The lowest BCUT2D eigenvalue weighted by atomic mass is 10.4. The minimum Gasteiger partial charge on any atom is -0.481 e. The summed E-state index contributed by atoms with van der Waals surface area (Å²) in [5.74, 6) is 0.540. The Hall–Kier alpha value is -1.47. The van der Waals surface area contributed by atoms with Crippen molar-refractivity contribution in [3.05, 3.63) is 28.1 Å². The van der Waals surface area contributed by atoms with E-state index in [9.17, 15) is 4.79 Å². The minimum absolute atomic E-state index is 0.120. The summed E-state index contributed by atoms with van der Waals surface area (Å²) in [6.07, 6.45) is 0. The zero-order chi connectivity index (χ0) is 13.1. The number of thiol groups is 1. The van der Waals surface area contributed by atoms with Crippen LogP contribution in [-0.4, -0.2) is 22.8 Å². The van der Waals surface area contributed by atoms with E-state index in [1.165, 1.54) is 11.3 Å². The number of ether oxygens (including phenoxy) is 1. The zero-order valence-electron chi connectivity index (χ0n) is 10.0. The molecule has 18 heavy (non-hydrogen) atoms.